The van der Waals surface area contributed by atoms with Crippen LogP contribution >= 0.6 is 11.3 Å². The van der Waals surface area contributed by atoms with Crippen molar-refractivity contribution in [3.8, 4) is 0 Å². The SMILES string of the molecule is CC(Cc1cccs1)N(C)c1nc(CO)co1. The summed E-state index contributed by atoms with van der Waals surface area (Å²) in [5.41, 5.74) is 0.565. The Kier molecular flexibility index (Phi) is 3.81. The van der Waals surface area contributed by atoms with Crippen LogP contribution in [0.15, 0.2) is 28.2 Å². The summed E-state index contributed by atoms with van der Waals surface area (Å²) in [5, 5.41) is 11.0. The fraction of sp³-hybridized carbons (Fsp3) is 0.417. The van der Waals surface area contributed by atoms with E-state index in [0.717, 1.165) is 6.42 Å². The summed E-state index contributed by atoms with van der Waals surface area (Å²) in [6, 6.07) is 5.04. The predicted molar refractivity (Wildman–Crippen MR) is 68.3 cm³/mol. The summed E-state index contributed by atoms with van der Waals surface area (Å²) >= 11 is 1.76. The molecule has 5 heteroatoms. The molecule has 2 rings (SSSR count). The van der Waals surface area contributed by atoms with Gasteiger partial charge >= 0.3 is 0 Å². The maximum atomic E-state index is 8.94. The molecule has 0 spiro atoms. The van der Waals surface area contributed by atoms with E-state index in [0.29, 0.717) is 17.8 Å². The molecule has 1 unspecified atom stereocenters. The first-order chi connectivity index (χ1) is 8.20. The molecule has 0 aliphatic heterocycles. The smallest absolute Gasteiger partial charge is 0.297 e. The lowest BCUT2D eigenvalue weighted by Gasteiger charge is -2.22. The highest BCUT2D eigenvalue weighted by Gasteiger charge is 2.15. The van der Waals surface area contributed by atoms with Gasteiger partial charge in [-0.05, 0) is 18.4 Å². The third-order valence-corrected chi connectivity index (χ3v) is 3.64. The first kappa shape index (κ1) is 12.1. The average molecular weight is 252 g/mol. The number of anilines is 1. The second-order valence-electron chi connectivity index (χ2n) is 4.02. The molecule has 0 bridgehead atoms. The minimum atomic E-state index is -0.0867. The topological polar surface area (TPSA) is 49.5 Å². The minimum Gasteiger partial charge on any atom is -0.432 e. The molecule has 2 aromatic rings. The zero-order valence-electron chi connectivity index (χ0n) is 9.96. The molecule has 0 fully saturated rings. The molecule has 2 aromatic heterocycles. The number of aromatic nitrogens is 1. The van der Waals surface area contributed by atoms with Gasteiger partial charge in [-0.25, -0.2) is 0 Å². The molecule has 0 radical (unpaired) electrons. The van der Waals surface area contributed by atoms with Crippen LogP contribution in [0.3, 0.4) is 0 Å². The number of hydrogen-bond acceptors (Lipinski definition) is 5. The van der Waals surface area contributed by atoms with E-state index in [2.05, 4.69) is 29.4 Å². The summed E-state index contributed by atoms with van der Waals surface area (Å²) in [7, 11) is 1.95. The number of aliphatic hydroxyl groups excluding tert-OH is 1. The lowest BCUT2D eigenvalue weighted by atomic mass is 10.2. The van der Waals surface area contributed by atoms with Crippen molar-refractivity contribution in [2.45, 2.75) is 26.0 Å². The van der Waals surface area contributed by atoms with Crippen LogP contribution in [0.4, 0.5) is 6.01 Å². The highest BCUT2D eigenvalue weighted by Crippen LogP contribution is 2.19. The van der Waals surface area contributed by atoms with Crippen LogP contribution in [0.25, 0.3) is 0 Å². The molecule has 1 atom stereocenters. The van der Waals surface area contributed by atoms with Crippen molar-refractivity contribution < 1.29 is 9.52 Å². The van der Waals surface area contributed by atoms with E-state index in [1.807, 2.05) is 11.9 Å². The Balaban J connectivity index is 2.01. The number of thiophene rings is 1. The van der Waals surface area contributed by atoms with Gasteiger partial charge in [0.1, 0.15) is 12.0 Å². The molecular weight excluding hydrogens is 236 g/mol. The molecule has 0 aliphatic rings. The number of oxazole rings is 1. The Hall–Kier alpha value is -1.33. The molecule has 0 aromatic carbocycles. The van der Waals surface area contributed by atoms with Crippen molar-refractivity contribution >= 4 is 17.4 Å². The number of hydrogen-bond donors (Lipinski definition) is 1. The van der Waals surface area contributed by atoms with E-state index >= 15 is 0 Å². The lowest BCUT2D eigenvalue weighted by Crippen LogP contribution is -2.30. The van der Waals surface area contributed by atoms with E-state index in [1.165, 1.54) is 11.1 Å². The van der Waals surface area contributed by atoms with Gasteiger partial charge in [0.05, 0.1) is 6.61 Å². The summed E-state index contributed by atoms with van der Waals surface area (Å²) in [4.78, 5) is 7.52. The summed E-state index contributed by atoms with van der Waals surface area (Å²) in [6.45, 7) is 2.04. The van der Waals surface area contributed by atoms with Gasteiger partial charge in [0.15, 0.2) is 0 Å². The molecule has 0 saturated heterocycles. The maximum absolute atomic E-state index is 8.94. The van der Waals surface area contributed by atoms with E-state index in [4.69, 9.17) is 9.52 Å². The van der Waals surface area contributed by atoms with Crippen LogP contribution in [-0.2, 0) is 13.0 Å². The highest BCUT2D eigenvalue weighted by molar-refractivity contribution is 7.09. The fourth-order valence-corrected chi connectivity index (χ4v) is 2.40. The first-order valence-corrected chi connectivity index (χ1v) is 6.39. The average Bonchev–Trinajstić information content (AvgIpc) is 2.98. The molecule has 17 heavy (non-hydrogen) atoms. The Morgan fingerprint density at radius 3 is 3.00 bits per heavy atom. The van der Waals surface area contributed by atoms with E-state index in [-0.39, 0.29) is 6.61 Å². The van der Waals surface area contributed by atoms with Crippen molar-refractivity contribution in [3.05, 3.63) is 34.3 Å². The van der Waals surface area contributed by atoms with Crippen molar-refractivity contribution in [1.82, 2.24) is 4.98 Å². The minimum absolute atomic E-state index is 0.0867. The number of aliphatic hydroxyl groups is 1. The van der Waals surface area contributed by atoms with Crippen molar-refractivity contribution in [3.63, 3.8) is 0 Å². The third kappa shape index (κ3) is 2.87. The quantitative estimate of drug-likeness (QED) is 0.887. The molecule has 0 amide bonds. The molecular formula is C12H16N2O2S. The van der Waals surface area contributed by atoms with Gasteiger partial charge in [-0.15, -0.1) is 11.3 Å². The Morgan fingerprint density at radius 1 is 1.59 bits per heavy atom. The largest absolute Gasteiger partial charge is 0.432 e. The fourth-order valence-electron chi connectivity index (χ4n) is 1.58. The Bertz CT molecular complexity index is 453. The van der Waals surface area contributed by atoms with Crippen molar-refractivity contribution in [1.29, 1.82) is 0 Å². The first-order valence-electron chi connectivity index (χ1n) is 5.51. The molecule has 92 valence electrons. The lowest BCUT2D eigenvalue weighted by molar-refractivity contribution is 0.276. The highest BCUT2D eigenvalue weighted by atomic mass is 32.1. The number of rotatable bonds is 5. The standard InChI is InChI=1S/C12H16N2O2S/c1-9(6-11-4-3-5-17-11)14(2)12-13-10(7-15)8-16-12/h3-5,8-9,15H,6-7H2,1-2H3. The van der Waals surface area contributed by atoms with Crippen LogP contribution in [0.1, 0.15) is 17.5 Å². The normalized spacial score (nSPS) is 12.6. The molecule has 0 saturated carbocycles. The zero-order valence-corrected chi connectivity index (χ0v) is 10.8. The molecule has 1 N–H and O–H groups in total. The summed E-state index contributed by atoms with van der Waals surface area (Å²) in [6.07, 6.45) is 2.45. The van der Waals surface area contributed by atoms with Gasteiger partial charge in [-0.1, -0.05) is 6.07 Å². The van der Waals surface area contributed by atoms with Gasteiger partial charge in [-0.3, -0.25) is 0 Å². The van der Waals surface area contributed by atoms with Gasteiger partial charge in [0.2, 0.25) is 0 Å². The second kappa shape index (κ2) is 5.33. The van der Waals surface area contributed by atoms with Crippen LogP contribution in [0, 0.1) is 0 Å². The number of nitrogens with zero attached hydrogens (tertiary/aromatic N) is 2. The van der Waals surface area contributed by atoms with Crippen LogP contribution < -0.4 is 4.90 Å². The van der Waals surface area contributed by atoms with E-state index in [9.17, 15) is 0 Å². The van der Waals surface area contributed by atoms with Gasteiger partial charge in [0, 0.05) is 24.4 Å². The second-order valence-corrected chi connectivity index (χ2v) is 5.06. The Morgan fingerprint density at radius 2 is 2.41 bits per heavy atom. The third-order valence-electron chi connectivity index (χ3n) is 2.74. The van der Waals surface area contributed by atoms with Gasteiger partial charge in [-0.2, -0.15) is 4.98 Å². The monoisotopic (exact) mass is 252 g/mol. The zero-order chi connectivity index (χ0) is 12.3. The van der Waals surface area contributed by atoms with Crippen LogP contribution in [0.5, 0.6) is 0 Å². The molecule has 4 nitrogen and oxygen atoms in total. The van der Waals surface area contributed by atoms with E-state index in [1.54, 1.807) is 11.3 Å². The Labute approximate surface area is 105 Å². The van der Waals surface area contributed by atoms with Gasteiger partial charge in [0.25, 0.3) is 6.01 Å². The van der Waals surface area contributed by atoms with Gasteiger partial charge < -0.3 is 14.4 Å². The van der Waals surface area contributed by atoms with Crippen molar-refractivity contribution in [2.75, 3.05) is 11.9 Å². The van der Waals surface area contributed by atoms with E-state index < -0.39 is 0 Å². The van der Waals surface area contributed by atoms with Crippen molar-refractivity contribution in [2.24, 2.45) is 0 Å². The van der Waals surface area contributed by atoms with Crippen LogP contribution in [-0.4, -0.2) is 23.2 Å². The van der Waals surface area contributed by atoms with Crippen LogP contribution in [0.2, 0.25) is 0 Å². The molecule has 2 heterocycles. The maximum Gasteiger partial charge on any atom is 0.297 e. The molecule has 0 aliphatic carbocycles. The summed E-state index contributed by atoms with van der Waals surface area (Å²) < 4.78 is 5.32. The predicted octanol–water partition coefficient (Wildman–Crippen LogP) is 2.30. The summed E-state index contributed by atoms with van der Waals surface area (Å²) in [5.74, 6) is 0. The number of likely N-dealkylation sites (N-methyl/N-ethyl adjacent to an activating group) is 1.